The Balaban J connectivity index is 1.88. The van der Waals surface area contributed by atoms with Gasteiger partial charge in [-0.2, -0.15) is 0 Å². The Hall–Kier alpha value is -2.15. The lowest BCUT2D eigenvalue weighted by Crippen LogP contribution is -2.50. The molecule has 0 saturated carbocycles. The van der Waals surface area contributed by atoms with Crippen molar-refractivity contribution >= 4 is 17.8 Å². The SMILES string of the molecule is COC(=O)c1ccc(CNC2CCC(=O)NC2=O)o1. The van der Waals surface area contributed by atoms with Crippen LogP contribution in [0.15, 0.2) is 16.5 Å². The smallest absolute Gasteiger partial charge is 0.373 e. The van der Waals surface area contributed by atoms with Crippen molar-refractivity contribution in [2.45, 2.75) is 25.4 Å². The molecule has 7 nitrogen and oxygen atoms in total. The fourth-order valence-electron chi connectivity index (χ4n) is 1.80. The molecule has 102 valence electrons. The molecule has 1 unspecified atom stereocenters. The van der Waals surface area contributed by atoms with E-state index in [1.54, 1.807) is 6.07 Å². The predicted molar refractivity (Wildman–Crippen MR) is 63.1 cm³/mol. The van der Waals surface area contributed by atoms with Crippen LogP contribution >= 0.6 is 0 Å². The lowest BCUT2D eigenvalue weighted by molar-refractivity contribution is -0.134. The number of amides is 2. The average Bonchev–Trinajstić information content (AvgIpc) is 2.85. The van der Waals surface area contributed by atoms with Crippen LogP contribution in [0.1, 0.15) is 29.2 Å². The summed E-state index contributed by atoms with van der Waals surface area (Å²) in [6, 6.07) is 2.71. The van der Waals surface area contributed by atoms with Crippen molar-refractivity contribution < 1.29 is 23.5 Å². The lowest BCUT2D eigenvalue weighted by Gasteiger charge is -2.21. The van der Waals surface area contributed by atoms with E-state index in [4.69, 9.17) is 4.42 Å². The first-order valence-electron chi connectivity index (χ1n) is 5.84. The molecule has 2 amide bonds. The van der Waals surface area contributed by atoms with Crippen LogP contribution in [-0.4, -0.2) is 30.9 Å². The number of hydrogen-bond acceptors (Lipinski definition) is 6. The molecule has 1 aromatic heterocycles. The van der Waals surface area contributed by atoms with Gasteiger partial charge in [-0.1, -0.05) is 0 Å². The molecule has 1 saturated heterocycles. The minimum atomic E-state index is -0.549. The number of rotatable bonds is 4. The van der Waals surface area contributed by atoms with Crippen molar-refractivity contribution in [3.05, 3.63) is 23.7 Å². The average molecular weight is 266 g/mol. The first-order valence-corrected chi connectivity index (χ1v) is 5.84. The van der Waals surface area contributed by atoms with Gasteiger partial charge >= 0.3 is 5.97 Å². The quantitative estimate of drug-likeness (QED) is 0.586. The molecule has 0 radical (unpaired) electrons. The summed E-state index contributed by atoms with van der Waals surface area (Å²) in [5.74, 6) is -0.509. The van der Waals surface area contributed by atoms with Crippen LogP contribution in [0.2, 0.25) is 0 Å². The highest BCUT2D eigenvalue weighted by atomic mass is 16.5. The molecule has 19 heavy (non-hydrogen) atoms. The molecular formula is C12H14N2O5. The Kier molecular flexibility index (Phi) is 3.96. The van der Waals surface area contributed by atoms with Crippen LogP contribution in [0, 0.1) is 0 Å². The Labute approximate surface area is 109 Å². The van der Waals surface area contributed by atoms with Gasteiger partial charge in [-0.05, 0) is 18.6 Å². The molecule has 0 aromatic carbocycles. The Bertz CT molecular complexity index is 508. The second kappa shape index (κ2) is 5.66. The highest BCUT2D eigenvalue weighted by Gasteiger charge is 2.26. The number of piperidine rings is 1. The summed E-state index contributed by atoms with van der Waals surface area (Å²) in [6.07, 6.45) is 0.768. The Morgan fingerprint density at radius 3 is 3.00 bits per heavy atom. The van der Waals surface area contributed by atoms with Crippen LogP contribution < -0.4 is 10.6 Å². The molecule has 2 N–H and O–H groups in total. The number of methoxy groups -OCH3 is 1. The highest BCUT2D eigenvalue weighted by molar-refractivity contribution is 6.00. The largest absolute Gasteiger partial charge is 0.463 e. The Morgan fingerprint density at radius 1 is 1.53 bits per heavy atom. The minimum absolute atomic E-state index is 0.113. The van der Waals surface area contributed by atoms with Crippen molar-refractivity contribution in [3.63, 3.8) is 0 Å². The van der Waals surface area contributed by atoms with E-state index < -0.39 is 12.0 Å². The zero-order chi connectivity index (χ0) is 13.8. The van der Waals surface area contributed by atoms with Gasteiger partial charge in [0.2, 0.25) is 17.6 Å². The molecule has 0 bridgehead atoms. The van der Waals surface area contributed by atoms with E-state index in [1.165, 1.54) is 13.2 Å². The third-order valence-electron chi connectivity index (χ3n) is 2.81. The molecular weight excluding hydrogens is 252 g/mol. The van der Waals surface area contributed by atoms with Crippen molar-refractivity contribution in [2.24, 2.45) is 0 Å². The molecule has 1 aliphatic rings. The van der Waals surface area contributed by atoms with E-state index in [2.05, 4.69) is 15.4 Å². The third-order valence-corrected chi connectivity index (χ3v) is 2.81. The van der Waals surface area contributed by atoms with Crippen LogP contribution in [-0.2, 0) is 20.9 Å². The molecule has 7 heteroatoms. The summed E-state index contributed by atoms with van der Waals surface area (Å²) >= 11 is 0. The molecule has 1 aromatic rings. The van der Waals surface area contributed by atoms with Crippen LogP contribution in [0.25, 0.3) is 0 Å². The van der Waals surface area contributed by atoms with E-state index in [-0.39, 0.29) is 17.6 Å². The zero-order valence-electron chi connectivity index (χ0n) is 10.4. The van der Waals surface area contributed by atoms with Gasteiger partial charge in [0.05, 0.1) is 19.7 Å². The first kappa shape index (κ1) is 13.3. The predicted octanol–water partition coefficient (Wildman–Crippen LogP) is -0.0390. The number of ether oxygens (including phenoxy) is 1. The van der Waals surface area contributed by atoms with Crippen LogP contribution in [0.4, 0.5) is 0 Å². The zero-order valence-corrected chi connectivity index (χ0v) is 10.4. The maximum Gasteiger partial charge on any atom is 0.373 e. The summed E-state index contributed by atoms with van der Waals surface area (Å²) in [4.78, 5) is 33.6. The fourth-order valence-corrected chi connectivity index (χ4v) is 1.80. The second-order valence-electron chi connectivity index (χ2n) is 4.14. The monoisotopic (exact) mass is 266 g/mol. The minimum Gasteiger partial charge on any atom is -0.463 e. The molecule has 1 atom stereocenters. The van der Waals surface area contributed by atoms with Crippen molar-refractivity contribution in [1.29, 1.82) is 0 Å². The number of nitrogens with one attached hydrogen (secondary N) is 2. The third kappa shape index (κ3) is 3.19. The molecule has 2 rings (SSSR count). The number of furan rings is 1. The van der Waals surface area contributed by atoms with Crippen LogP contribution in [0.3, 0.4) is 0 Å². The van der Waals surface area contributed by atoms with E-state index in [1.807, 2.05) is 0 Å². The number of hydrogen-bond donors (Lipinski definition) is 2. The van der Waals surface area contributed by atoms with Gasteiger partial charge in [0.1, 0.15) is 5.76 Å². The maximum absolute atomic E-state index is 11.5. The topological polar surface area (TPSA) is 97.6 Å². The molecule has 0 spiro atoms. The fraction of sp³-hybridized carbons (Fsp3) is 0.417. The molecule has 0 aliphatic carbocycles. The number of carbonyl (C=O) groups excluding carboxylic acids is 3. The van der Waals surface area contributed by atoms with Gasteiger partial charge in [0.15, 0.2) is 0 Å². The normalized spacial score (nSPS) is 19.1. The summed E-state index contributed by atoms with van der Waals surface area (Å²) < 4.78 is 9.77. The van der Waals surface area contributed by atoms with Gasteiger partial charge < -0.3 is 9.15 Å². The van der Waals surface area contributed by atoms with Gasteiger partial charge in [0.25, 0.3) is 0 Å². The van der Waals surface area contributed by atoms with Crippen molar-refractivity contribution in [2.75, 3.05) is 7.11 Å². The van der Waals surface area contributed by atoms with Gasteiger partial charge in [-0.3, -0.25) is 20.2 Å². The van der Waals surface area contributed by atoms with E-state index in [0.717, 1.165) is 0 Å². The molecule has 1 aliphatic heterocycles. The second-order valence-corrected chi connectivity index (χ2v) is 4.14. The van der Waals surface area contributed by atoms with Crippen molar-refractivity contribution in [3.8, 4) is 0 Å². The van der Waals surface area contributed by atoms with E-state index >= 15 is 0 Å². The highest BCUT2D eigenvalue weighted by Crippen LogP contribution is 2.10. The van der Waals surface area contributed by atoms with Crippen molar-refractivity contribution in [1.82, 2.24) is 10.6 Å². The summed E-state index contributed by atoms with van der Waals surface area (Å²) in [5.41, 5.74) is 0. The van der Waals surface area contributed by atoms with E-state index in [9.17, 15) is 14.4 Å². The summed E-state index contributed by atoms with van der Waals surface area (Å²) in [7, 11) is 1.27. The van der Waals surface area contributed by atoms with E-state index in [0.29, 0.717) is 25.1 Å². The van der Waals surface area contributed by atoms with Gasteiger partial charge in [-0.25, -0.2) is 4.79 Å². The Morgan fingerprint density at radius 2 is 2.32 bits per heavy atom. The van der Waals surface area contributed by atoms with Crippen LogP contribution in [0.5, 0.6) is 0 Å². The number of imide groups is 1. The molecule has 2 heterocycles. The van der Waals surface area contributed by atoms with Gasteiger partial charge in [0, 0.05) is 6.42 Å². The summed E-state index contributed by atoms with van der Waals surface area (Å²) in [6.45, 7) is 0.295. The lowest BCUT2D eigenvalue weighted by atomic mass is 10.1. The standard InChI is InChI=1S/C12H14N2O5/c1-18-12(17)9-4-2-7(19-9)6-13-8-3-5-10(15)14-11(8)16/h2,4,8,13H,3,5-6H2,1H3,(H,14,15,16). The molecule has 1 fully saturated rings. The summed E-state index contributed by atoms with van der Waals surface area (Å²) in [5, 5.41) is 5.22. The maximum atomic E-state index is 11.5. The number of esters is 1. The first-order chi connectivity index (χ1) is 9.10. The van der Waals surface area contributed by atoms with Gasteiger partial charge in [-0.15, -0.1) is 0 Å². The number of carbonyl (C=O) groups is 3.